The smallest absolute Gasteiger partial charge is 0.249 e. The summed E-state index contributed by atoms with van der Waals surface area (Å²) in [5.74, 6) is -2.73. The molecule has 0 aliphatic rings. The maximum atomic E-state index is 12.7. The third-order valence-electron chi connectivity index (χ3n) is 3.69. The molecule has 0 saturated carbocycles. The lowest BCUT2D eigenvalue weighted by Crippen LogP contribution is -2.29. The quantitative estimate of drug-likeness (QED) is 0.591. The molecule has 1 unspecified atom stereocenters. The molecule has 6 nitrogen and oxygen atoms in total. The Morgan fingerprint density at radius 1 is 1.12 bits per heavy atom. The van der Waals surface area contributed by atoms with E-state index in [9.17, 15) is 14.9 Å². The second kappa shape index (κ2) is 6.34. The highest BCUT2D eigenvalue weighted by molar-refractivity contribution is 6.18. The van der Waals surface area contributed by atoms with Crippen LogP contribution in [0.2, 0.25) is 0 Å². The van der Waals surface area contributed by atoms with E-state index >= 15 is 0 Å². The molecule has 0 spiro atoms. The van der Waals surface area contributed by atoms with Crippen LogP contribution in [-0.4, -0.2) is 21.5 Å². The van der Waals surface area contributed by atoms with Gasteiger partial charge in [0.15, 0.2) is 5.92 Å². The van der Waals surface area contributed by atoms with E-state index in [1.165, 1.54) is 0 Å². The number of rotatable bonds is 4. The normalized spacial score (nSPS) is 11.7. The largest absolute Gasteiger partial charge is 0.325 e. The lowest BCUT2D eigenvalue weighted by Gasteiger charge is -2.08. The van der Waals surface area contributed by atoms with Crippen molar-refractivity contribution >= 4 is 28.3 Å². The number of ketones is 1. The van der Waals surface area contributed by atoms with Crippen molar-refractivity contribution in [2.45, 2.75) is 0 Å². The molecule has 1 aromatic heterocycles. The molecule has 1 heterocycles. The molecule has 3 rings (SSSR count). The van der Waals surface area contributed by atoms with E-state index in [1.54, 1.807) is 54.2 Å². The number of carbonyl (C=O) groups excluding carboxylic acids is 2. The van der Waals surface area contributed by atoms with E-state index in [4.69, 9.17) is 0 Å². The number of carbonyl (C=O) groups is 2. The Bertz CT molecular complexity index is 954. The van der Waals surface area contributed by atoms with Gasteiger partial charge in [0.25, 0.3) is 0 Å². The van der Waals surface area contributed by atoms with E-state index in [2.05, 4.69) is 10.4 Å². The van der Waals surface area contributed by atoms with Crippen LogP contribution in [0.4, 0.5) is 5.69 Å². The Kier molecular flexibility index (Phi) is 4.08. The van der Waals surface area contributed by atoms with Gasteiger partial charge in [-0.1, -0.05) is 36.4 Å². The Labute approximate surface area is 138 Å². The van der Waals surface area contributed by atoms with E-state index in [0.717, 1.165) is 5.52 Å². The number of fused-ring (bicyclic) bond motifs is 1. The molecule has 0 bridgehead atoms. The number of aryl methyl sites for hydroxylation is 1. The number of anilines is 1. The Hall–Kier alpha value is -3.46. The standard InChI is InChI=1S/C18H14N4O2/c1-22-15-10-6-5-9-13(15)16(21-22)17(23)14(11-19)18(24)20-12-7-3-2-4-8-12/h2-10,14H,1H3,(H,20,24). The molecule has 1 amide bonds. The fraction of sp³-hybridized carbons (Fsp3) is 0.111. The highest BCUT2D eigenvalue weighted by Gasteiger charge is 2.31. The van der Waals surface area contributed by atoms with E-state index < -0.39 is 17.6 Å². The minimum absolute atomic E-state index is 0.128. The highest BCUT2D eigenvalue weighted by atomic mass is 16.2. The van der Waals surface area contributed by atoms with E-state index in [-0.39, 0.29) is 5.69 Å². The number of hydrogen-bond donors (Lipinski definition) is 1. The number of amides is 1. The number of para-hydroxylation sites is 2. The first-order valence-corrected chi connectivity index (χ1v) is 7.33. The molecular weight excluding hydrogens is 304 g/mol. The minimum atomic E-state index is -1.46. The van der Waals surface area contributed by atoms with Crippen molar-refractivity contribution in [3.63, 3.8) is 0 Å². The zero-order valence-corrected chi connectivity index (χ0v) is 12.9. The van der Waals surface area contributed by atoms with Crippen molar-refractivity contribution < 1.29 is 9.59 Å². The maximum absolute atomic E-state index is 12.7. The molecule has 2 aromatic carbocycles. The highest BCUT2D eigenvalue weighted by Crippen LogP contribution is 2.21. The predicted octanol–water partition coefficient (Wildman–Crippen LogP) is 2.53. The SMILES string of the molecule is Cn1nc(C(=O)C(C#N)C(=O)Nc2ccccc2)c2ccccc21. The lowest BCUT2D eigenvalue weighted by molar-refractivity contribution is -0.117. The Balaban J connectivity index is 1.91. The van der Waals surface area contributed by atoms with Gasteiger partial charge in [0.1, 0.15) is 5.69 Å². The van der Waals surface area contributed by atoms with Crippen LogP contribution in [-0.2, 0) is 11.8 Å². The first-order valence-electron chi connectivity index (χ1n) is 7.33. The van der Waals surface area contributed by atoms with Crippen molar-refractivity contribution in [2.75, 3.05) is 5.32 Å². The molecule has 3 aromatic rings. The number of aromatic nitrogens is 2. The van der Waals surface area contributed by atoms with Gasteiger partial charge in [-0.3, -0.25) is 14.3 Å². The van der Waals surface area contributed by atoms with Crippen molar-refractivity contribution in [3.8, 4) is 6.07 Å². The van der Waals surface area contributed by atoms with Gasteiger partial charge in [0.2, 0.25) is 11.7 Å². The third kappa shape index (κ3) is 2.75. The Morgan fingerprint density at radius 2 is 1.79 bits per heavy atom. The fourth-order valence-electron chi connectivity index (χ4n) is 2.50. The molecule has 0 saturated heterocycles. The number of nitrogens with one attached hydrogen (secondary N) is 1. The molecule has 0 aliphatic carbocycles. The first kappa shape index (κ1) is 15.4. The van der Waals surface area contributed by atoms with Crippen LogP contribution in [0.3, 0.4) is 0 Å². The summed E-state index contributed by atoms with van der Waals surface area (Å²) in [4.78, 5) is 25.0. The van der Waals surface area contributed by atoms with Gasteiger partial charge in [-0.15, -0.1) is 0 Å². The van der Waals surface area contributed by atoms with Gasteiger partial charge < -0.3 is 5.32 Å². The maximum Gasteiger partial charge on any atom is 0.249 e. The lowest BCUT2D eigenvalue weighted by atomic mass is 10.00. The van der Waals surface area contributed by atoms with Crippen LogP contribution >= 0.6 is 0 Å². The van der Waals surface area contributed by atoms with E-state index in [1.807, 2.05) is 18.2 Å². The van der Waals surface area contributed by atoms with Crippen molar-refractivity contribution in [1.82, 2.24) is 9.78 Å². The summed E-state index contributed by atoms with van der Waals surface area (Å²) in [6.45, 7) is 0. The molecule has 6 heteroatoms. The van der Waals surface area contributed by atoms with Crippen LogP contribution in [0, 0.1) is 17.2 Å². The van der Waals surface area contributed by atoms with Gasteiger partial charge in [0, 0.05) is 18.1 Å². The molecule has 0 aliphatic heterocycles. The summed E-state index contributed by atoms with van der Waals surface area (Å²) in [5, 5.41) is 16.7. The van der Waals surface area contributed by atoms with Gasteiger partial charge >= 0.3 is 0 Å². The summed E-state index contributed by atoms with van der Waals surface area (Å²) in [6.07, 6.45) is 0. The molecule has 1 N–H and O–H groups in total. The monoisotopic (exact) mass is 318 g/mol. The number of hydrogen-bond acceptors (Lipinski definition) is 4. The predicted molar refractivity (Wildman–Crippen MR) is 89.2 cm³/mol. The van der Waals surface area contributed by atoms with Gasteiger partial charge in [-0.2, -0.15) is 10.4 Å². The van der Waals surface area contributed by atoms with Crippen molar-refractivity contribution in [3.05, 3.63) is 60.3 Å². The molecule has 0 fully saturated rings. The zero-order valence-electron chi connectivity index (χ0n) is 12.9. The average Bonchev–Trinajstić information content (AvgIpc) is 2.94. The zero-order chi connectivity index (χ0) is 17.1. The fourth-order valence-corrected chi connectivity index (χ4v) is 2.50. The second-order valence-electron chi connectivity index (χ2n) is 5.27. The van der Waals surface area contributed by atoms with Crippen LogP contribution in [0.25, 0.3) is 10.9 Å². The topological polar surface area (TPSA) is 87.8 Å². The summed E-state index contributed by atoms with van der Waals surface area (Å²) in [7, 11) is 1.71. The van der Waals surface area contributed by atoms with Crippen LogP contribution in [0.5, 0.6) is 0 Å². The molecule has 118 valence electrons. The van der Waals surface area contributed by atoms with E-state index in [0.29, 0.717) is 11.1 Å². The molecule has 0 radical (unpaired) electrons. The van der Waals surface area contributed by atoms with Crippen LogP contribution < -0.4 is 5.32 Å². The summed E-state index contributed by atoms with van der Waals surface area (Å²) < 4.78 is 1.56. The van der Waals surface area contributed by atoms with Gasteiger partial charge in [0.05, 0.1) is 11.6 Å². The minimum Gasteiger partial charge on any atom is -0.325 e. The average molecular weight is 318 g/mol. The van der Waals surface area contributed by atoms with Crippen LogP contribution in [0.1, 0.15) is 10.5 Å². The number of nitriles is 1. The Morgan fingerprint density at radius 3 is 2.50 bits per heavy atom. The van der Waals surface area contributed by atoms with Gasteiger partial charge in [-0.25, -0.2) is 0 Å². The van der Waals surface area contributed by atoms with Crippen molar-refractivity contribution in [1.29, 1.82) is 5.26 Å². The number of benzene rings is 2. The number of Topliss-reactive ketones (excluding diaryl/α,β-unsaturated/α-hetero) is 1. The first-order chi connectivity index (χ1) is 11.6. The number of nitrogens with zero attached hydrogens (tertiary/aromatic N) is 3. The second-order valence-corrected chi connectivity index (χ2v) is 5.27. The van der Waals surface area contributed by atoms with Gasteiger partial charge in [-0.05, 0) is 18.2 Å². The molecule has 24 heavy (non-hydrogen) atoms. The summed E-state index contributed by atoms with van der Waals surface area (Å²) >= 11 is 0. The molecule has 1 atom stereocenters. The summed E-state index contributed by atoms with van der Waals surface area (Å²) in [6, 6.07) is 17.7. The summed E-state index contributed by atoms with van der Waals surface area (Å²) in [5.41, 5.74) is 1.42. The van der Waals surface area contributed by atoms with Crippen molar-refractivity contribution in [2.24, 2.45) is 13.0 Å². The van der Waals surface area contributed by atoms with Crippen LogP contribution in [0.15, 0.2) is 54.6 Å². The third-order valence-corrected chi connectivity index (χ3v) is 3.69. The molecular formula is C18H14N4O2.